The number of hydrogen-bond donors (Lipinski definition) is 1. The largest absolute Gasteiger partial charge is 0.316 e. The molecule has 0 aliphatic heterocycles. The summed E-state index contributed by atoms with van der Waals surface area (Å²) in [7, 11) is 0. The summed E-state index contributed by atoms with van der Waals surface area (Å²) >= 11 is 0. The van der Waals surface area contributed by atoms with Gasteiger partial charge in [0, 0.05) is 6.54 Å². The summed E-state index contributed by atoms with van der Waals surface area (Å²) in [6.45, 7) is 9.59. The first-order valence-electron chi connectivity index (χ1n) is 7.42. The summed E-state index contributed by atoms with van der Waals surface area (Å²) in [5.41, 5.74) is 0.665. The average molecular weight is 223 g/mol. The van der Waals surface area contributed by atoms with E-state index in [1.807, 2.05) is 0 Å². The Balaban J connectivity index is 1.90. The maximum atomic E-state index is 3.70. The van der Waals surface area contributed by atoms with Gasteiger partial charge in [0.25, 0.3) is 0 Å². The molecule has 2 saturated carbocycles. The molecule has 2 rings (SSSR count). The highest BCUT2D eigenvalue weighted by Gasteiger charge is 2.54. The van der Waals surface area contributed by atoms with Gasteiger partial charge in [-0.3, -0.25) is 0 Å². The fourth-order valence-corrected chi connectivity index (χ4v) is 3.91. The maximum Gasteiger partial charge on any atom is 0.00106 e. The van der Waals surface area contributed by atoms with Crippen LogP contribution in [0.5, 0.6) is 0 Å². The lowest BCUT2D eigenvalue weighted by atomic mass is 9.70. The van der Waals surface area contributed by atoms with E-state index < -0.39 is 0 Å². The molecule has 0 aromatic rings. The third-order valence-electron chi connectivity index (χ3n) is 5.08. The summed E-state index contributed by atoms with van der Waals surface area (Å²) in [5.74, 6) is 3.15. The number of nitrogens with one attached hydrogen (secondary N) is 1. The molecule has 0 radical (unpaired) electrons. The highest BCUT2D eigenvalue weighted by atomic mass is 14.9. The molecule has 1 heteroatoms. The van der Waals surface area contributed by atoms with E-state index in [4.69, 9.17) is 0 Å². The molecule has 1 N–H and O–H groups in total. The zero-order chi connectivity index (χ0) is 11.6. The minimum Gasteiger partial charge on any atom is -0.316 e. The molecule has 0 amide bonds. The quantitative estimate of drug-likeness (QED) is 0.647. The molecule has 0 aromatic carbocycles. The van der Waals surface area contributed by atoms with Crippen LogP contribution in [0.1, 0.15) is 59.3 Å². The van der Waals surface area contributed by atoms with Crippen molar-refractivity contribution < 1.29 is 0 Å². The third-order valence-corrected chi connectivity index (χ3v) is 5.08. The molecule has 0 spiro atoms. The maximum absolute atomic E-state index is 3.70. The highest BCUT2D eigenvalue weighted by molar-refractivity contribution is 5.05. The molecule has 3 unspecified atom stereocenters. The first-order chi connectivity index (χ1) is 7.72. The lowest BCUT2D eigenvalue weighted by molar-refractivity contribution is 0.145. The van der Waals surface area contributed by atoms with Gasteiger partial charge >= 0.3 is 0 Å². The average Bonchev–Trinajstić information content (AvgIpc) is 2.88. The highest BCUT2D eigenvalue weighted by Crippen LogP contribution is 2.62. The Morgan fingerprint density at radius 1 is 1.19 bits per heavy atom. The zero-order valence-corrected chi connectivity index (χ0v) is 11.4. The van der Waals surface area contributed by atoms with Crippen molar-refractivity contribution in [3.8, 4) is 0 Å². The molecule has 0 heterocycles. The summed E-state index contributed by atoms with van der Waals surface area (Å²) < 4.78 is 0. The number of rotatable bonds is 7. The van der Waals surface area contributed by atoms with Gasteiger partial charge in [0.05, 0.1) is 0 Å². The smallest absolute Gasteiger partial charge is 0.00106 e. The molecule has 1 nitrogen and oxygen atoms in total. The standard InChI is InChI=1S/C15H29N/c1-4-6-12(3)15(11-16-7-5-2)9-13-8-14(13)10-15/h12-14,16H,4-11H2,1-3H3. The van der Waals surface area contributed by atoms with Crippen LogP contribution in [0.15, 0.2) is 0 Å². The van der Waals surface area contributed by atoms with Gasteiger partial charge in [-0.25, -0.2) is 0 Å². The van der Waals surface area contributed by atoms with Crippen LogP contribution >= 0.6 is 0 Å². The van der Waals surface area contributed by atoms with Crippen molar-refractivity contribution in [1.82, 2.24) is 5.32 Å². The van der Waals surface area contributed by atoms with Gasteiger partial charge in [0.15, 0.2) is 0 Å². The van der Waals surface area contributed by atoms with E-state index >= 15 is 0 Å². The lowest BCUT2D eigenvalue weighted by Gasteiger charge is -2.37. The molecular weight excluding hydrogens is 194 g/mol. The van der Waals surface area contributed by atoms with Crippen molar-refractivity contribution in [1.29, 1.82) is 0 Å². The van der Waals surface area contributed by atoms with Crippen molar-refractivity contribution in [2.24, 2.45) is 23.2 Å². The van der Waals surface area contributed by atoms with Gasteiger partial charge in [-0.15, -0.1) is 0 Å². The van der Waals surface area contributed by atoms with E-state index in [9.17, 15) is 0 Å². The van der Waals surface area contributed by atoms with Gasteiger partial charge in [-0.2, -0.15) is 0 Å². The molecular formula is C15H29N. The summed E-state index contributed by atoms with van der Waals surface area (Å²) in [6, 6.07) is 0. The Labute approximate surface area is 101 Å². The molecule has 0 aromatic heterocycles. The number of hydrogen-bond acceptors (Lipinski definition) is 1. The summed E-state index contributed by atoms with van der Waals surface area (Å²) in [5, 5.41) is 3.70. The van der Waals surface area contributed by atoms with E-state index in [0.29, 0.717) is 5.41 Å². The van der Waals surface area contributed by atoms with Crippen molar-refractivity contribution in [3.05, 3.63) is 0 Å². The molecule has 2 fully saturated rings. The summed E-state index contributed by atoms with van der Waals surface area (Å²) in [6.07, 6.45) is 8.64. The van der Waals surface area contributed by atoms with Gasteiger partial charge < -0.3 is 5.32 Å². The van der Waals surface area contributed by atoms with Crippen molar-refractivity contribution >= 4 is 0 Å². The van der Waals surface area contributed by atoms with Gasteiger partial charge in [-0.05, 0) is 55.4 Å². The Morgan fingerprint density at radius 2 is 1.88 bits per heavy atom. The fraction of sp³-hybridized carbons (Fsp3) is 1.00. The van der Waals surface area contributed by atoms with E-state index in [1.54, 1.807) is 6.42 Å². The first kappa shape index (κ1) is 12.4. The topological polar surface area (TPSA) is 12.0 Å². The van der Waals surface area contributed by atoms with Crippen LogP contribution < -0.4 is 5.32 Å². The van der Waals surface area contributed by atoms with Crippen LogP contribution in [0.2, 0.25) is 0 Å². The Bertz CT molecular complexity index is 213. The van der Waals surface area contributed by atoms with Crippen molar-refractivity contribution in [3.63, 3.8) is 0 Å². The number of fused-ring (bicyclic) bond motifs is 1. The molecule has 2 aliphatic rings. The molecule has 2 aliphatic carbocycles. The van der Waals surface area contributed by atoms with Crippen LogP contribution in [-0.4, -0.2) is 13.1 Å². The predicted octanol–water partition coefficient (Wildman–Crippen LogP) is 3.84. The third kappa shape index (κ3) is 2.45. The predicted molar refractivity (Wildman–Crippen MR) is 70.5 cm³/mol. The Hall–Kier alpha value is -0.0400. The zero-order valence-electron chi connectivity index (χ0n) is 11.4. The van der Waals surface area contributed by atoms with E-state index in [0.717, 1.165) is 17.8 Å². The second-order valence-corrected chi connectivity index (χ2v) is 6.39. The lowest BCUT2D eigenvalue weighted by Crippen LogP contribution is -2.38. The minimum atomic E-state index is 0.665. The van der Waals surface area contributed by atoms with E-state index in [1.165, 1.54) is 45.2 Å². The Kier molecular flexibility index (Phi) is 3.94. The SMILES string of the molecule is CCCNCC1(C(C)CCC)CC2CC2C1. The van der Waals surface area contributed by atoms with Crippen LogP contribution in [0.4, 0.5) is 0 Å². The normalized spacial score (nSPS) is 38.4. The molecule has 0 bridgehead atoms. The van der Waals surface area contributed by atoms with Crippen LogP contribution in [0, 0.1) is 23.2 Å². The second-order valence-electron chi connectivity index (χ2n) is 6.39. The monoisotopic (exact) mass is 223 g/mol. The van der Waals surface area contributed by atoms with Gasteiger partial charge in [0.1, 0.15) is 0 Å². The molecule has 0 saturated heterocycles. The van der Waals surface area contributed by atoms with E-state index in [-0.39, 0.29) is 0 Å². The van der Waals surface area contributed by atoms with Crippen molar-refractivity contribution in [2.75, 3.05) is 13.1 Å². The van der Waals surface area contributed by atoms with Gasteiger partial charge in [-0.1, -0.05) is 33.6 Å². The van der Waals surface area contributed by atoms with Crippen molar-refractivity contribution in [2.45, 2.75) is 59.3 Å². The van der Waals surface area contributed by atoms with Crippen LogP contribution in [0.25, 0.3) is 0 Å². The fourth-order valence-electron chi connectivity index (χ4n) is 3.91. The molecule has 16 heavy (non-hydrogen) atoms. The van der Waals surface area contributed by atoms with Gasteiger partial charge in [0.2, 0.25) is 0 Å². The Morgan fingerprint density at radius 3 is 2.44 bits per heavy atom. The first-order valence-corrected chi connectivity index (χ1v) is 7.42. The van der Waals surface area contributed by atoms with Crippen LogP contribution in [0.3, 0.4) is 0 Å². The van der Waals surface area contributed by atoms with E-state index in [2.05, 4.69) is 26.1 Å². The second kappa shape index (κ2) is 5.08. The van der Waals surface area contributed by atoms with Crippen LogP contribution in [-0.2, 0) is 0 Å². The summed E-state index contributed by atoms with van der Waals surface area (Å²) in [4.78, 5) is 0. The molecule has 94 valence electrons. The minimum absolute atomic E-state index is 0.665. The molecule has 3 atom stereocenters.